The topological polar surface area (TPSA) is 83.5 Å². The van der Waals surface area contributed by atoms with Crippen molar-refractivity contribution in [3.05, 3.63) is 58.8 Å². The smallest absolute Gasteiger partial charge is 0.289 e. The number of pyridine rings is 1. The second kappa shape index (κ2) is 8.19. The molecule has 0 saturated heterocycles. The Bertz CT molecular complexity index is 715. The summed E-state index contributed by atoms with van der Waals surface area (Å²) in [6.07, 6.45) is 1.61. The number of hydrogen-bond acceptors (Lipinski definition) is 4. The molecule has 0 aliphatic heterocycles. The summed E-state index contributed by atoms with van der Waals surface area (Å²) in [4.78, 5) is 27.6. The Morgan fingerprint density at radius 3 is 2.57 bits per heavy atom. The SMILES string of the molecule is C/C(CC(=O)Nc1ccc(Br)cc1)=N/NC(=O)c1ccccn1. The number of nitrogens with zero attached hydrogens (tertiary/aromatic N) is 2. The number of aromatic nitrogens is 1. The average Bonchev–Trinajstić information content (AvgIpc) is 2.55. The van der Waals surface area contributed by atoms with Gasteiger partial charge >= 0.3 is 0 Å². The molecule has 0 saturated carbocycles. The molecule has 0 fully saturated rings. The molecule has 0 spiro atoms. The first-order valence-corrected chi connectivity index (χ1v) is 7.64. The van der Waals surface area contributed by atoms with E-state index in [2.05, 4.69) is 36.8 Å². The zero-order chi connectivity index (χ0) is 16.7. The summed E-state index contributed by atoms with van der Waals surface area (Å²) in [7, 11) is 0. The fraction of sp³-hybridized carbons (Fsp3) is 0.125. The van der Waals surface area contributed by atoms with Crippen LogP contribution in [0.1, 0.15) is 23.8 Å². The van der Waals surface area contributed by atoms with Crippen LogP contribution in [-0.4, -0.2) is 22.5 Å². The molecule has 0 radical (unpaired) electrons. The van der Waals surface area contributed by atoms with E-state index in [4.69, 9.17) is 0 Å². The molecule has 2 amide bonds. The lowest BCUT2D eigenvalue weighted by Crippen LogP contribution is -2.22. The van der Waals surface area contributed by atoms with Gasteiger partial charge in [0.1, 0.15) is 5.69 Å². The molecular weight excluding hydrogens is 360 g/mol. The molecule has 118 valence electrons. The molecule has 1 heterocycles. The Kier molecular flexibility index (Phi) is 5.99. The number of carbonyl (C=O) groups excluding carboxylic acids is 2. The van der Waals surface area contributed by atoms with Crippen LogP contribution in [0, 0.1) is 0 Å². The predicted molar refractivity (Wildman–Crippen MR) is 92.2 cm³/mol. The molecule has 0 atom stereocenters. The zero-order valence-corrected chi connectivity index (χ0v) is 14.0. The number of benzene rings is 1. The minimum Gasteiger partial charge on any atom is -0.326 e. The van der Waals surface area contributed by atoms with Crippen molar-refractivity contribution < 1.29 is 9.59 Å². The van der Waals surface area contributed by atoms with E-state index in [-0.39, 0.29) is 18.0 Å². The minimum absolute atomic E-state index is 0.0819. The maximum atomic E-state index is 11.9. The van der Waals surface area contributed by atoms with E-state index in [9.17, 15) is 9.59 Å². The van der Waals surface area contributed by atoms with Gasteiger partial charge in [-0.05, 0) is 43.3 Å². The maximum absolute atomic E-state index is 11.9. The first-order chi connectivity index (χ1) is 11.0. The molecule has 1 aromatic carbocycles. The number of halogens is 1. The zero-order valence-electron chi connectivity index (χ0n) is 12.4. The number of amides is 2. The summed E-state index contributed by atoms with van der Waals surface area (Å²) >= 11 is 3.33. The van der Waals surface area contributed by atoms with Crippen LogP contribution in [0.4, 0.5) is 5.69 Å². The second-order valence-corrected chi connectivity index (χ2v) is 5.65. The minimum atomic E-state index is -0.418. The summed E-state index contributed by atoms with van der Waals surface area (Å²) in [5, 5.41) is 6.66. The van der Waals surface area contributed by atoms with Gasteiger partial charge < -0.3 is 5.32 Å². The fourth-order valence-corrected chi connectivity index (χ4v) is 1.98. The summed E-state index contributed by atoms with van der Waals surface area (Å²) < 4.78 is 0.936. The Morgan fingerprint density at radius 2 is 1.91 bits per heavy atom. The monoisotopic (exact) mass is 374 g/mol. The van der Waals surface area contributed by atoms with Crippen LogP contribution in [0.5, 0.6) is 0 Å². The van der Waals surface area contributed by atoms with Gasteiger partial charge in [-0.15, -0.1) is 0 Å². The van der Waals surface area contributed by atoms with Crippen molar-refractivity contribution in [1.29, 1.82) is 0 Å². The van der Waals surface area contributed by atoms with Gasteiger partial charge in [-0.1, -0.05) is 22.0 Å². The largest absolute Gasteiger partial charge is 0.326 e. The Morgan fingerprint density at radius 1 is 1.17 bits per heavy atom. The first-order valence-electron chi connectivity index (χ1n) is 6.84. The molecule has 6 nitrogen and oxygen atoms in total. The summed E-state index contributed by atoms with van der Waals surface area (Å²) in [6, 6.07) is 12.3. The third-order valence-electron chi connectivity index (χ3n) is 2.79. The molecule has 23 heavy (non-hydrogen) atoms. The summed E-state index contributed by atoms with van der Waals surface area (Å²) in [5.74, 6) is -0.626. The van der Waals surface area contributed by atoms with Crippen LogP contribution in [0.3, 0.4) is 0 Å². The van der Waals surface area contributed by atoms with Gasteiger partial charge in [0.15, 0.2) is 0 Å². The van der Waals surface area contributed by atoms with Crippen molar-refractivity contribution in [2.75, 3.05) is 5.32 Å². The van der Waals surface area contributed by atoms with Crippen LogP contribution < -0.4 is 10.7 Å². The van der Waals surface area contributed by atoms with E-state index in [1.807, 2.05) is 12.1 Å². The Balaban J connectivity index is 1.85. The van der Waals surface area contributed by atoms with Crippen molar-refractivity contribution in [2.24, 2.45) is 5.10 Å². The molecule has 2 N–H and O–H groups in total. The molecular formula is C16H15BrN4O2. The van der Waals surface area contributed by atoms with Gasteiger partial charge in [-0.2, -0.15) is 5.10 Å². The van der Waals surface area contributed by atoms with Gasteiger partial charge in [-0.3, -0.25) is 14.6 Å². The van der Waals surface area contributed by atoms with Gasteiger partial charge in [0.05, 0.1) is 6.42 Å². The molecule has 2 rings (SSSR count). The van der Waals surface area contributed by atoms with Crippen LogP contribution in [0.15, 0.2) is 58.2 Å². The van der Waals surface area contributed by atoms with E-state index in [1.165, 1.54) is 6.20 Å². The van der Waals surface area contributed by atoms with Crippen LogP contribution in [0.2, 0.25) is 0 Å². The van der Waals surface area contributed by atoms with Crippen molar-refractivity contribution in [2.45, 2.75) is 13.3 Å². The van der Waals surface area contributed by atoms with Gasteiger partial charge in [0, 0.05) is 22.1 Å². The molecule has 1 aromatic heterocycles. The quantitative estimate of drug-likeness (QED) is 0.623. The molecule has 0 aliphatic rings. The van der Waals surface area contributed by atoms with Crippen LogP contribution >= 0.6 is 15.9 Å². The van der Waals surface area contributed by atoms with Crippen molar-refractivity contribution in [1.82, 2.24) is 10.4 Å². The standard InChI is InChI=1S/C16H15BrN4O2/c1-11(20-21-16(23)14-4-2-3-9-18-14)10-15(22)19-13-7-5-12(17)6-8-13/h2-9H,10H2,1H3,(H,19,22)(H,21,23)/b20-11-. The van der Waals surface area contributed by atoms with Gasteiger partial charge in [0.2, 0.25) is 5.91 Å². The number of nitrogens with one attached hydrogen (secondary N) is 2. The van der Waals surface area contributed by atoms with E-state index in [0.29, 0.717) is 11.4 Å². The van der Waals surface area contributed by atoms with Crippen molar-refractivity contribution >= 4 is 39.1 Å². The number of hydrazone groups is 1. The molecule has 0 bridgehead atoms. The Labute approximate surface area is 142 Å². The lowest BCUT2D eigenvalue weighted by molar-refractivity contribution is -0.115. The number of hydrogen-bond donors (Lipinski definition) is 2. The molecule has 2 aromatic rings. The predicted octanol–water partition coefficient (Wildman–Crippen LogP) is 2.98. The van der Waals surface area contributed by atoms with E-state index in [1.54, 1.807) is 37.3 Å². The van der Waals surface area contributed by atoms with Crippen LogP contribution in [0.25, 0.3) is 0 Å². The highest BCUT2D eigenvalue weighted by molar-refractivity contribution is 9.10. The third kappa shape index (κ3) is 5.63. The van der Waals surface area contributed by atoms with E-state index < -0.39 is 5.91 Å². The van der Waals surface area contributed by atoms with Gasteiger partial charge in [-0.25, -0.2) is 5.43 Å². The average molecular weight is 375 g/mol. The Hall–Kier alpha value is -2.54. The second-order valence-electron chi connectivity index (χ2n) is 4.73. The van der Waals surface area contributed by atoms with E-state index in [0.717, 1.165) is 4.47 Å². The summed E-state index contributed by atoms with van der Waals surface area (Å²) in [6.45, 7) is 1.67. The first kappa shape index (κ1) is 16.8. The highest BCUT2D eigenvalue weighted by atomic mass is 79.9. The molecule has 7 heteroatoms. The number of anilines is 1. The lowest BCUT2D eigenvalue weighted by atomic mass is 10.2. The normalized spacial score (nSPS) is 11.0. The molecule has 0 unspecified atom stereocenters. The van der Waals surface area contributed by atoms with Crippen molar-refractivity contribution in [3.8, 4) is 0 Å². The highest BCUT2D eigenvalue weighted by Crippen LogP contribution is 2.14. The van der Waals surface area contributed by atoms with Crippen LogP contribution in [-0.2, 0) is 4.79 Å². The van der Waals surface area contributed by atoms with Gasteiger partial charge in [0.25, 0.3) is 5.91 Å². The van der Waals surface area contributed by atoms with Crippen molar-refractivity contribution in [3.63, 3.8) is 0 Å². The number of carbonyl (C=O) groups is 2. The maximum Gasteiger partial charge on any atom is 0.289 e. The lowest BCUT2D eigenvalue weighted by Gasteiger charge is -2.05. The number of rotatable bonds is 5. The van der Waals surface area contributed by atoms with E-state index >= 15 is 0 Å². The summed E-state index contributed by atoms with van der Waals surface area (Å²) in [5.41, 5.74) is 3.83. The fourth-order valence-electron chi connectivity index (χ4n) is 1.71. The highest BCUT2D eigenvalue weighted by Gasteiger charge is 2.07. The third-order valence-corrected chi connectivity index (χ3v) is 3.32. The molecule has 0 aliphatic carbocycles.